The van der Waals surface area contributed by atoms with Crippen molar-refractivity contribution in [3.05, 3.63) is 22.7 Å². The first-order chi connectivity index (χ1) is 7.71. The summed E-state index contributed by atoms with van der Waals surface area (Å²) in [5.74, 6) is 0. The number of nitrogen functional groups attached to an aromatic ring is 1. The molecule has 5 N–H and O–H groups in total. The normalized spacial score (nSPS) is 27.8. The van der Waals surface area contributed by atoms with Gasteiger partial charge in [0.05, 0.1) is 16.9 Å². The number of rotatable bonds is 0. The number of hydrogen-bond donors (Lipinski definition) is 4. The molecule has 0 aromatic heterocycles. The average Bonchev–Trinajstić information content (AvgIpc) is 2.69. The Morgan fingerprint density at radius 1 is 1.38 bits per heavy atom. The molecule has 0 bridgehead atoms. The van der Waals surface area contributed by atoms with Crippen molar-refractivity contribution in [3.63, 3.8) is 0 Å². The third kappa shape index (κ3) is 1.38. The number of benzene rings is 1. The highest BCUT2D eigenvalue weighted by atomic mass is 35.5. The quantitative estimate of drug-likeness (QED) is 0.511. The van der Waals surface area contributed by atoms with Gasteiger partial charge in [-0.25, -0.2) is 0 Å². The van der Waals surface area contributed by atoms with Gasteiger partial charge in [0.2, 0.25) is 0 Å². The van der Waals surface area contributed by atoms with E-state index in [9.17, 15) is 0 Å². The molecule has 1 unspecified atom stereocenters. The monoisotopic (exact) mass is 238 g/mol. The van der Waals surface area contributed by atoms with Gasteiger partial charge in [0.1, 0.15) is 0 Å². The second-order valence-corrected chi connectivity index (χ2v) is 4.89. The van der Waals surface area contributed by atoms with E-state index in [0.29, 0.717) is 5.02 Å². The Bertz CT molecular complexity index is 426. The second kappa shape index (κ2) is 3.52. The lowest BCUT2D eigenvalue weighted by atomic mass is 9.83. The van der Waals surface area contributed by atoms with Gasteiger partial charge in [0.25, 0.3) is 0 Å². The minimum atomic E-state index is -0.000394. The predicted octanol–water partition coefficient (Wildman–Crippen LogP) is 1.08. The fraction of sp³-hybridized carbons (Fsp3) is 0.455. The molecule has 4 nitrogen and oxygen atoms in total. The molecule has 1 aromatic carbocycles. The Morgan fingerprint density at radius 2 is 2.25 bits per heavy atom. The van der Waals surface area contributed by atoms with Crippen molar-refractivity contribution in [3.8, 4) is 0 Å². The number of hydrogen-bond acceptors (Lipinski definition) is 4. The molecular formula is C11H15ClN4. The van der Waals surface area contributed by atoms with Crippen LogP contribution >= 0.6 is 11.6 Å². The fourth-order valence-electron chi connectivity index (χ4n) is 2.68. The molecule has 5 heteroatoms. The minimum absolute atomic E-state index is 0.000394. The summed E-state index contributed by atoms with van der Waals surface area (Å²) in [5, 5.41) is 10.9. The Labute approximate surface area is 99.5 Å². The molecule has 0 radical (unpaired) electrons. The van der Waals surface area contributed by atoms with Crippen LogP contribution in [-0.4, -0.2) is 19.8 Å². The van der Waals surface area contributed by atoms with Crippen LogP contribution in [0.5, 0.6) is 0 Å². The van der Waals surface area contributed by atoms with Crippen LogP contribution in [0.2, 0.25) is 5.02 Å². The van der Waals surface area contributed by atoms with Crippen LogP contribution in [0.3, 0.4) is 0 Å². The molecular weight excluding hydrogens is 224 g/mol. The summed E-state index contributed by atoms with van der Waals surface area (Å²) in [7, 11) is 0. The number of nitrogens with two attached hydrogens (primary N) is 1. The van der Waals surface area contributed by atoms with Crippen molar-refractivity contribution in [2.24, 2.45) is 0 Å². The van der Waals surface area contributed by atoms with Gasteiger partial charge < -0.3 is 16.4 Å². The van der Waals surface area contributed by atoms with Gasteiger partial charge in [-0.1, -0.05) is 11.6 Å². The molecule has 1 spiro atoms. The van der Waals surface area contributed by atoms with E-state index >= 15 is 0 Å². The molecule has 1 aromatic rings. The predicted molar refractivity (Wildman–Crippen MR) is 66.7 cm³/mol. The molecule has 0 amide bonds. The molecule has 0 saturated carbocycles. The molecule has 3 rings (SSSR count). The van der Waals surface area contributed by atoms with Crippen molar-refractivity contribution in [2.45, 2.75) is 12.0 Å². The van der Waals surface area contributed by atoms with Crippen LogP contribution in [0.1, 0.15) is 12.0 Å². The topological polar surface area (TPSA) is 62.1 Å². The van der Waals surface area contributed by atoms with E-state index in [4.69, 9.17) is 17.3 Å². The van der Waals surface area contributed by atoms with Crippen molar-refractivity contribution >= 4 is 23.0 Å². The highest BCUT2D eigenvalue weighted by Crippen LogP contribution is 2.41. The maximum absolute atomic E-state index is 6.09. The molecule has 1 atom stereocenters. The molecule has 86 valence electrons. The molecule has 2 aliphatic rings. The third-order valence-electron chi connectivity index (χ3n) is 3.48. The van der Waals surface area contributed by atoms with E-state index in [2.05, 4.69) is 16.0 Å². The summed E-state index contributed by atoms with van der Waals surface area (Å²) in [6.07, 6.45) is 1.05. The molecule has 2 aliphatic heterocycles. The Hall–Kier alpha value is -0.970. The molecule has 16 heavy (non-hydrogen) atoms. The van der Waals surface area contributed by atoms with Crippen LogP contribution in [0, 0.1) is 0 Å². The lowest BCUT2D eigenvalue weighted by Crippen LogP contribution is -2.44. The van der Waals surface area contributed by atoms with Crippen LogP contribution in [0.15, 0.2) is 12.1 Å². The first kappa shape index (κ1) is 10.2. The van der Waals surface area contributed by atoms with Gasteiger partial charge in [-0.05, 0) is 18.6 Å². The van der Waals surface area contributed by atoms with E-state index in [-0.39, 0.29) is 5.54 Å². The zero-order chi connectivity index (χ0) is 11.2. The molecule has 1 saturated heterocycles. The number of anilines is 2. The van der Waals surface area contributed by atoms with Crippen molar-refractivity contribution in [1.82, 2.24) is 10.6 Å². The van der Waals surface area contributed by atoms with Gasteiger partial charge in [-0.3, -0.25) is 5.32 Å². The van der Waals surface area contributed by atoms with E-state index in [0.717, 1.165) is 37.6 Å². The molecule has 2 heterocycles. The average molecular weight is 239 g/mol. The Kier molecular flexibility index (Phi) is 2.24. The van der Waals surface area contributed by atoms with Gasteiger partial charge in [-0.2, -0.15) is 0 Å². The van der Waals surface area contributed by atoms with E-state index in [1.165, 1.54) is 5.56 Å². The fourth-order valence-corrected chi connectivity index (χ4v) is 2.90. The number of nitrogens with one attached hydrogen (secondary N) is 3. The van der Waals surface area contributed by atoms with Gasteiger partial charge in [0, 0.05) is 30.3 Å². The zero-order valence-electron chi connectivity index (χ0n) is 8.94. The van der Waals surface area contributed by atoms with E-state index < -0.39 is 0 Å². The van der Waals surface area contributed by atoms with E-state index in [1.807, 2.05) is 6.07 Å². The summed E-state index contributed by atoms with van der Waals surface area (Å²) < 4.78 is 0. The largest absolute Gasteiger partial charge is 0.397 e. The van der Waals surface area contributed by atoms with Crippen molar-refractivity contribution in [2.75, 3.05) is 30.8 Å². The highest BCUT2D eigenvalue weighted by molar-refractivity contribution is 6.31. The highest BCUT2D eigenvalue weighted by Gasteiger charge is 2.39. The first-order valence-corrected chi connectivity index (χ1v) is 5.88. The summed E-state index contributed by atoms with van der Waals surface area (Å²) >= 11 is 6.09. The van der Waals surface area contributed by atoms with Crippen LogP contribution < -0.4 is 21.7 Å². The SMILES string of the molecule is Nc1cc(Cl)cc2c1NCCC21CNCN1. The third-order valence-corrected chi connectivity index (χ3v) is 3.70. The number of halogens is 1. The lowest BCUT2D eigenvalue weighted by molar-refractivity contribution is 0.384. The first-order valence-electron chi connectivity index (χ1n) is 5.50. The summed E-state index contributed by atoms with van der Waals surface area (Å²) in [5.41, 5.74) is 8.95. The summed E-state index contributed by atoms with van der Waals surface area (Å²) in [4.78, 5) is 0. The van der Waals surface area contributed by atoms with Gasteiger partial charge >= 0.3 is 0 Å². The second-order valence-electron chi connectivity index (χ2n) is 4.46. The smallest absolute Gasteiger partial charge is 0.0626 e. The Morgan fingerprint density at radius 3 is 3.00 bits per heavy atom. The van der Waals surface area contributed by atoms with Crippen LogP contribution in [-0.2, 0) is 5.54 Å². The maximum Gasteiger partial charge on any atom is 0.0626 e. The minimum Gasteiger partial charge on any atom is -0.397 e. The van der Waals surface area contributed by atoms with Crippen LogP contribution in [0.4, 0.5) is 11.4 Å². The lowest BCUT2D eigenvalue weighted by Gasteiger charge is -2.36. The van der Waals surface area contributed by atoms with Crippen molar-refractivity contribution in [1.29, 1.82) is 0 Å². The Balaban J connectivity index is 2.17. The summed E-state index contributed by atoms with van der Waals surface area (Å²) in [6, 6.07) is 3.81. The van der Waals surface area contributed by atoms with Crippen LogP contribution in [0.25, 0.3) is 0 Å². The zero-order valence-corrected chi connectivity index (χ0v) is 9.69. The standard InChI is InChI=1S/C11H15ClN4/c12-7-3-8-10(9(13)4-7)15-2-1-11(8)5-14-6-16-11/h3-4,14-16H,1-2,5-6,13H2. The maximum atomic E-state index is 6.09. The number of fused-ring (bicyclic) bond motifs is 2. The van der Waals surface area contributed by atoms with E-state index in [1.54, 1.807) is 6.07 Å². The molecule has 0 aliphatic carbocycles. The molecule has 1 fully saturated rings. The van der Waals surface area contributed by atoms with Gasteiger partial charge in [0.15, 0.2) is 0 Å². The van der Waals surface area contributed by atoms with Gasteiger partial charge in [-0.15, -0.1) is 0 Å². The van der Waals surface area contributed by atoms with Crippen molar-refractivity contribution < 1.29 is 0 Å². The summed E-state index contributed by atoms with van der Waals surface area (Å²) in [6.45, 7) is 2.71.